The molecule has 2 N–H and O–H groups in total. The van der Waals surface area contributed by atoms with Gasteiger partial charge < -0.3 is 15.5 Å². The van der Waals surface area contributed by atoms with E-state index < -0.39 is 0 Å². The van der Waals surface area contributed by atoms with Crippen LogP contribution in [0.3, 0.4) is 0 Å². The number of carbonyl (C=O) groups is 3. The van der Waals surface area contributed by atoms with Gasteiger partial charge in [0.2, 0.25) is 17.7 Å². The zero-order chi connectivity index (χ0) is 20.4. The predicted octanol–water partition coefficient (Wildman–Crippen LogP) is 2.33. The van der Waals surface area contributed by atoms with E-state index in [0.717, 1.165) is 5.57 Å². The van der Waals surface area contributed by atoms with Gasteiger partial charge in [0.15, 0.2) is 0 Å². The van der Waals surface area contributed by atoms with E-state index in [-0.39, 0.29) is 30.8 Å². The summed E-state index contributed by atoms with van der Waals surface area (Å²) in [5, 5.41) is 5.47. The van der Waals surface area contributed by atoms with Gasteiger partial charge >= 0.3 is 0 Å². The van der Waals surface area contributed by atoms with E-state index in [0.29, 0.717) is 31.0 Å². The normalized spacial score (nSPS) is 10.4. The second-order valence-electron chi connectivity index (χ2n) is 6.48. The Morgan fingerprint density at radius 2 is 1.44 bits per heavy atom. The van der Waals surface area contributed by atoms with Gasteiger partial charge in [-0.15, -0.1) is 0 Å². The molecule has 3 amide bonds. The van der Waals surface area contributed by atoms with Crippen LogP contribution in [0.4, 0.5) is 11.4 Å². The Morgan fingerprint density at radius 3 is 1.89 bits per heavy atom. The standard InChI is InChI=1S/C20H30N4O3/c1-6-23(14-20(27)24(7-2)12-15(3)4)13-19(26)22-18-10-8-17(9-11-18)21-16(5)25/h8-11H,3,6-7,12-14H2,1-2,4-5H3,(H,21,25)(H,22,26). The first-order valence-electron chi connectivity index (χ1n) is 9.07. The predicted molar refractivity (Wildman–Crippen MR) is 109 cm³/mol. The monoisotopic (exact) mass is 374 g/mol. The highest BCUT2D eigenvalue weighted by molar-refractivity contribution is 5.93. The van der Waals surface area contributed by atoms with Crippen molar-refractivity contribution in [2.45, 2.75) is 27.7 Å². The van der Waals surface area contributed by atoms with Crippen molar-refractivity contribution >= 4 is 29.1 Å². The lowest BCUT2D eigenvalue weighted by atomic mass is 10.2. The second kappa shape index (κ2) is 11.1. The van der Waals surface area contributed by atoms with Crippen LogP contribution in [0.5, 0.6) is 0 Å². The van der Waals surface area contributed by atoms with Gasteiger partial charge in [-0.1, -0.05) is 19.1 Å². The minimum atomic E-state index is -0.195. The molecule has 1 aromatic rings. The van der Waals surface area contributed by atoms with Gasteiger partial charge in [-0.2, -0.15) is 0 Å². The summed E-state index contributed by atoms with van der Waals surface area (Å²) in [6, 6.07) is 6.87. The van der Waals surface area contributed by atoms with Crippen molar-refractivity contribution in [1.29, 1.82) is 0 Å². The fraction of sp³-hybridized carbons (Fsp3) is 0.450. The van der Waals surface area contributed by atoms with Crippen molar-refractivity contribution < 1.29 is 14.4 Å². The summed E-state index contributed by atoms with van der Waals surface area (Å²) in [6.45, 7) is 13.0. The number of hydrogen-bond donors (Lipinski definition) is 2. The number of benzene rings is 1. The van der Waals surface area contributed by atoms with Crippen molar-refractivity contribution in [1.82, 2.24) is 9.80 Å². The summed E-state index contributed by atoms with van der Waals surface area (Å²) in [4.78, 5) is 39.2. The summed E-state index contributed by atoms with van der Waals surface area (Å²) >= 11 is 0. The van der Waals surface area contributed by atoms with Crippen LogP contribution in [0.25, 0.3) is 0 Å². The molecular formula is C20H30N4O3. The third-order valence-electron chi connectivity index (χ3n) is 3.86. The van der Waals surface area contributed by atoms with Crippen LogP contribution in [0.2, 0.25) is 0 Å². The van der Waals surface area contributed by atoms with E-state index in [1.165, 1.54) is 6.92 Å². The Balaban J connectivity index is 2.58. The zero-order valence-electron chi connectivity index (χ0n) is 16.7. The van der Waals surface area contributed by atoms with Crippen molar-refractivity contribution in [3.63, 3.8) is 0 Å². The molecule has 1 aromatic carbocycles. The van der Waals surface area contributed by atoms with Crippen LogP contribution >= 0.6 is 0 Å². The van der Waals surface area contributed by atoms with Crippen molar-refractivity contribution in [2.75, 3.05) is 43.4 Å². The van der Waals surface area contributed by atoms with Gasteiger partial charge in [-0.25, -0.2) is 0 Å². The molecule has 0 radical (unpaired) electrons. The Morgan fingerprint density at radius 1 is 0.889 bits per heavy atom. The molecule has 0 aromatic heterocycles. The van der Waals surface area contributed by atoms with Crippen molar-refractivity contribution in [3.8, 4) is 0 Å². The van der Waals surface area contributed by atoms with Gasteiger partial charge in [0, 0.05) is 31.4 Å². The first kappa shape index (κ1) is 22.4. The van der Waals surface area contributed by atoms with Gasteiger partial charge in [0.05, 0.1) is 13.1 Å². The van der Waals surface area contributed by atoms with Gasteiger partial charge in [-0.05, 0) is 44.7 Å². The third-order valence-corrected chi connectivity index (χ3v) is 3.86. The fourth-order valence-electron chi connectivity index (χ4n) is 2.52. The molecule has 0 aliphatic rings. The fourth-order valence-corrected chi connectivity index (χ4v) is 2.52. The van der Waals surface area contributed by atoms with Crippen LogP contribution in [-0.4, -0.2) is 60.2 Å². The zero-order valence-corrected chi connectivity index (χ0v) is 16.7. The van der Waals surface area contributed by atoms with Crippen molar-refractivity contribution in [3.05, 3.63) is 36.4 Å². The van der Waals surface area contributed by atoms with E-state index in [4.69, 9.17) is 0 Å². The highest BCUT2D eigenvalue weighted by atomic mass is 16.2. The number of rotatable bonds is 10. The molecule has 148 valence electrons. The number of likely N-dealkylation sites (N-methyl/N-ethyl adjacent to an activating group) is 2. The minimum absolute atomic E-state index is 0.0187. The Kier molecular flexibility index (Phi) is 9.22. The van der Waals surface area contributed by atoms with E-state index in [1.54, 1.807) is 34.1 Å². The van der Waals surface area contributed by atoms with E-state index >= 15 is 0 Å². The molecule has 0 bridgehead atoms. The second-order valence-corrected chi connectivity index (χ2v) is 6.48. The lowest BCUT2D eigenvalue weighted by Gasteiger charge is -2.25. The van der Waals surface area contributed by atoms with E-state index in [9.17, 15) is 14.4 Å². The van der Waals surface area contributed by atoms with Crippen LogP contribution in [0, 0.1) is 0 Å². The SMILES string of the molecule is C=C(C)CN(CC)C(=O)CN(CC)CC(=O)Nc1ccc(NC(C)=O)cc1. The molecule has 7 nitrogen and oxygen atoms in total. The van der Waals surface area contributed by atoms with Gasteiger partial charge in [0.1, 0.15) is 0 Å². The quantitative estimate of drug-likeness (QED) is 0.616. The number of nitrogens with zero attached hydrogens (tertiary/aromatic N) is 2. The Hall–Kier alpha value is -2.67. The van der Waals surface area contributed by atoms with Crippen molar-refractivity contribution in [2.24, 2.45) is 0 Å². The molecule has 0 heterocycles. The molecule has 7 heteroatoms. The number of nitrogens with one attached hydrogen (secondary N) is 2. The molecule has 27 heavy (non-hydrogen) atoms. The molecule has 0 saturated heterocycles. The molecule has 0 unspecified atom stereocenters. The summed E-state index contributed by atoms with van der Waals surface area (Å²) in [6.07, 6.45) is 0. The Bertz CT molecular complexity index is 670. The number of hydrogen-bond acceptors (Lipinski definition) is 4. The summed E-state index contributed by atoms with van der Waals surface area (Å²) < 4.78 is 0. The minimum Gasteiger partial charge on any atom is -0.338 e. The number of carbonyl (C=O) groups excluding carboxylic acids is 3. The number of anilines is 2. The maximum atomic E-state index is 12.4. The van der Waals surface area contributed by atoms with E-state index in [1.807, 2.05) is 20.8 Å². The Labute approximate surface area is 161 Å². The molecular weight excluding hydrogens is 344 g/mol. The molecule has 1 rings (SSSR count). The number of amides is 3. The topological polar surface area (TPSA) is 81.8 Å². The maximum absolute atomic E-state index is 12.4. The summed E-state index contributed by atoms with van der Waals surface area (Å²) in [5.74, 6) is -0.363. The van der Waals surface area contributed by atoms with Crippen LogP contribution < -0.4 is 10.6 Å². The highest BCUT2D eigenvalue weighted by Crippen LogP contribution is 2.13. The average molecular weight is 374 g/mol. The molecule has 0 spiro atoms. The molecule has 0 aliphatic carbocycles. The molecule has 0 aliphatic heterocycles. The van der Waals surface area contributed by atoms with E-state index in [2.05, 4.69) is 17.2 Å². The van der Waals surface area contributed by atoms with Gasteiger partial charge in [0.25, 0.3) is 0 Å². The summed E-state index contributed by atoms with van der Waals surface area (Å²) in [7, 11) is 0. The van der Waals surface area contributed by atoms with Crippen LogP contribution in [0.15, 0.2) is 36.4 Å². The molecule has 0 atom stereocenters. The lowest BCUT2D eigenvalue weighted by molar-refractivity contribution is -0.132. The maximum Gasteiger partial charge on any atom is 0.238 e. The average Bonchev–Trinajstić information content (AvgIpc) is 2.59. The summed E-state index contributed by atoms with van der Waals surface area (Å²) in [5.41, 5.74) is 2.22. The lowest BCUT2D eigenvalue weighted by Crippen LogP contribution is -2.43. The first-order chi connectivity index (χ1) is 12.7. The smallest absolute Gasteiger partial charge is 0.238 e. The van der Waals surface area contributed by atoms with Gasteiger partial charge in [-0.3, -0.25) is 19.3 Å². The molecule has 0 fully saturated rings. The highest BCUT2D eigenvalue weighted by Gasteiger charge is 2.17. The van der Waals surface area contributed by atoms with Crippen LogP contribution in [0.1, 0.15) is 27.7 Å². The third kappa shape index (κ3) is 8.50. The first-order valence-corrected chi connectivity index (χ1v) is 9.07. The molecule has 0 saturated carbocycles. The van der Waals surface area contributed by atoms with Crippen LogP contribution in [-0.2, 0) is 14.4 Å². The largest absolute Gasteiger partial charge is 0.338 e.